The Kier molecular flexibility index (Phi) is 6.35. The molecule has 4 rings (SSSR count). The highest BCUT2D eigenvalue weighted by Crippen LogP contribution is 2.37. The van der Waals surface area contributed by atoms with Gasteiger partial charge in [-0.25, -0.2) is 0 Å². The summed E-state index contributed by atoms with van der Waals surface area (Å²) in [6, 6.07) is 12.5. The van der Waals surface area contributed by atoms with Gasteiger partial charge in [-0.05, 0) is 67.3 Å². The smallest absolute Gasteiger partial charge is 0.227 e. The van der Waals surface area contributed by atoms with Crippen LogP contribution < -0.4 is 5.32 Å². The number of benzene rings is 2. The van der Waals surface area contributed by atoms with Gasteiger partial charge in [0.05, 0.1) is 0 Å². The Morgan fingerprint density at radius 2 is 1.77 bits per heavy atom. The average molecular weight is 440 g/mol. The van der Waals surface area contributed by atoms with E-state index in [9.17, 15) is 9.59 Å². The van der Waals surface area contributed by atoms with Gasteiger partial charge in [-0.1, -0.05) is 29.8 Å². The number of rotatable bonds is 3. The molecule has 5 nitrogen and oxygen atoms in total. The first-order valence-corrected chi connectivity index (χ1v) is 11.3. The third-order valence-electron chi connectivity index (χ3n) is 6.56. The summed E-state index contributed by atoms with van der Waals surface area (Å²) in [6.45, 7) is 6.78. The number of amides is 2. The molecule has 2 aromatic carbocycles. The Hall–Kier alpha value is -2.37. The molecule has 0 bridgehead atoms. The summed E-state index contributed by atoms with van der Waals surface area (Å²) in [4.78, 5) is 28.3. The van der Waals surface area contributed by atoms with Crippen LogP contribution in [0.3, 0.4) is 0 Å². The molecule has 1 saturated heterocycles. The predicted octanol–water partition coefficient (Wildman–Crippen LogP) is 4.42. The van der Waals surface area contributed by atoms with Gasteiger partial charge < -0.3 is 15.1 Å². The number of nitrogens with zero attached hydrogens (tertiary/aromatic N) is 2. The molecule has 0 saturated carbocycles. The van der Waals surface area contributed by atoms with E-state index in [1.165, 1.54) is 22.3 Å². The first-order chi connectivity index (χ1) is 14.8. The van der Waals surface area contributed by atoms with Crippen LogP contribution in [-0.2, 0) is 16.1 Å². The zero-order valence-corrected chi connectivity index (χ0v) is 19.2. The Bertz CT molecular complexity index is 981. The van der Waals surface area contributed by atoms with Gasteiger partial charge in [0.25, 0.3) is 0 Å². The Morgan fingerprint density at radius 1 is 1.10 bits per heavy atom. The summed E-state index contributed by atoms with van der Waals surface area (Å²) >= 11 is 6.55. The first-order valence-electron chi connectivity index (χ1n) is 11.0. The molecule has 1 fully saturated rings. The molecule has 2 aliphatic rings. The summed E-state index contributed by atoms with van der Waals surface area (Å²) in [7, 11) is 2.12. The molecule has 0 spiro atoms. The maximum Gasteiger partial charge on any atom is 0.227 e. The zero-order chi connectivity index (χ0) is 22.1. The SMILES string of the molecule is CC(=O)N1CCC(C(=O)Nc2ccc(C3CN(C)Cc4c(Cl)cc(C)cc43)cc2)CC1. The van der Waals surface area contributed by atoms with Gasteiger partial charge >= 0.3 is 0 Å². The lowest BCUT2D eigenvalue weighted by molar-refractivity contribution is -0.132. The highest BCUT2D eigenvalue weighted by molar-refractivity contribution is 6.31. The fraction of sp³-hybridized carbons (Fsp3) is 0.440. The molecule has 2 aliphatic heterocycles. The number of likely N-dealkylation sites (N-methyl/N-ethyl adjacent to an activating group) is 1. The molecule has 1 N–H and O–H groups in total. The van der Waals surface area contributed by atoms with Crippen molar-refractivity contribution in [2.75, 3.05) is 32.0 Å². The molecule has 1 unspecified atom stereocenters. The Balaban J connectivity index is 1.46. The van der Waals surface area contributed by atoms with Gasteiger partial charge in [0.1, 0.15) is 0 Å². The number of carbonyl (C=O) groups is 2. The van der Waals surface area contributed by atoms with Crippen molar-refractivity contribution in [1.82, 2.24) is 9.80 Å². The number of likely N-dealkylation sites (tertiary alicyclic amines) is 1. The number of anilines is 1. The minimum Gasteiger partial charge on any atom is -0.343 e. The van der Waals surface area contributed by atoms with Crippen molar-refractivity contribution < 1.29 is 9.59 Å². The van der Waals surface area contributed by atoms with E-state index in [1.807, 2.05) is 23.1 Å². The van der Waals surface area contributed by atoms with Crippen LogP contribution in [0, 0.1) is 12.8 Å². The maximum absolute atomic E-state index is 12.7. The lowest BCUT2D eigenvalue weighted by atomic mass is 9.84. The molecular formula is C25H30ClN3O2. The molecule has 0 aliphatic carbocycles. The van der Waals surface area contributed by atoms with E-state index in [-0.39, 0.29) is 23.7 Å². The van der Waals surface area contributed by atoms with Gasteiger partial charge in [0, 0.05) is 55.6 Å². The molecule has 2 aromatic rings. The number of hydrogen-bond acceptors (Lipinski definition) is 3. The molecule has 164 valence electrons. The number of carbonyl (C=O) groups excluding carboxylic acids is 2. The molecular weight excluding hydrogens is 410 g/mol. The summed E-state index contributed by atoms with van der Waals surface area (Å²) < 4.78 is 0. The number of nitrogens with one attached hydrogen (secondary N) is 1. The third kappa shape index (κ3) is 4.78. The molecule has 0 radical (unpaired) electrons. The van der Waals surface area contributed by atoms with Crippen LogP contribution in [0.4, 0.5) is 5.69 Å². The van der Waals surface area contributed by atoms with E-state index in [2.05, 4.69) is 42.4 Å². The van der Waals surface area contributed by atoms with Crippen molar-refractivity contribution in [3.63, 3.8) is 0 Å². The highest BCUT2D eigenvalue weighted by Gasteiger charge is 2.28. The molecule has 1 atom stereocenters. The quantitative estimate of drug-likeness (QED) is 0.770. The van der Waals surface area contributed by atoms with Gasteiger partial charge in [-0.15, -0.1) is 0 Å². The van der Waals surface area contributed by atoms with Gasteiger partial charge in [0.2, 0.25) is 11.8 Å². The van der Waals surface area contributed by atoms with Crippen LogP contribution in [0.1, 0.15) is 47.9 Å². The van der Waals surface area contributed by atoms with E-state index in [1.54, 1.807) is 6.92 Å². The van der Waals surface area contributed by atoms with Crippen LogP contribution in [-0.4, -0.2) is 48.3 Å². The summed E-state index contributed by atoms with van der Waals surface area (Å²) in [5.41, 5.74) is 5.73. The molecule has 2 amide bonds. The van der Waals surface area contributed by atoms with Crippen molar-refractivity contribution in [3.05, 3.63) is 63.7 Å². The van der Waals surface area contributed by atoms with Crippen molar-refractivity contribution in [1.29, 1.82) is 0 Å². The number of aryl methyl sites for hydroxylation is 1. The van der Waals surface area contributed by atoms with Gasteiger partial charge in [-0.2, -0.15) is 0 Å². The second-order valence-corrected chi connectivity index (χ2v) is 9.36. The van der Waals surface area contributed by atoms with Crippen molar-refractivity contribution in [3.8, 4) is 0 Å². The first kappa shape index (κ1) is 21.8. The van der Waals surface area contributed by atoms with Gasteiger partial charge in [0.15, 0.2) is 0 Å². The molecule has 0 aromatic heterocycles. The summed E-state index contributed by atoms with van der Waals surface area (Å²) in [5.74, 6) is 0.341. The van der Waals surface area contributed by atoms with E-state index >= 15 is 0 Å². The Labute approximate surface area is 189 Å². The number of halogens is 1. The summed E-state index contributed by atoms with van der Waals surface area (Å²) in [6.07, 6.45) is 1.43. The van der Waals surface area contributed by atoms with Crippen LogP contribution >= 0.6 is 11.6 Å². The molecule has 31 heavy (non-hydrogen) atoms. The largest absolute Gasteiger partial charge is 0.343 e. The van der Waals surface area contributed by atoms with Crippen LogP contribution in [0.25, 0.3) is 0 Å². The second-order valence-electron chi connectivity index (χ2n) is 8.96. The van der Waals surface area contributed by atoms with Crippen LogP contribution in [0.5, 0.6) is 0 Å². The van der Waals surface area contributed by atoms with Crippen LogP contribution in [0.2, 0.25) is 5.02 Å². The second kappa shape index (κ2) is 9.01. The molecule has 2 heterocycles. The number of hydrogen-bond donors (Lipinski definition) is 1. The summed E-state index contributed by atoms with van der Waals surface area (Å²) in [5, 5.41) is 3.90. The lowest BCUT2D eigenvalue weighted by Gasteiger charge is -2.33. The third-order valence-corrected chi connectivity index (χ3v) is 6.90. The lowest BCUT2D eigenvalue weighted by Crippen LogP contribution is -2.40. The number of fused-ring (bicyclic) bond motifs is 1. The maximum atomic E-state index is 12.7. The highest BCUT2D eigenvalue weighted by atomic mass is 35.5. The van der Waals surface area contributed by atoms with E-state index in [0.717, 1.165) is 36.6 Å². The fourth-order valence-corrected chi connectivity index (χ4v) is 5.15. The minimum absolute atomic E-state index is 0.0423. The minimum atomic E-state index is -0.0423. The average Bonchev–Trinajstić information content (AvgIpc) is 2.74. The fourth-order valence-electron chi connectivity index (χ4n) is 4.81. The van der Waals surface area contributed by atoms with Gasteiger partial charge in [-0.3, -0.25) is 9.59 Å². The van der Waals surface area contributed by atoms with Crippen molar-refractivity contribution in [2.45, 2.75) is 39.2 Å². The zero-order valence-electron chi connectivity index (χ0n) is 18.5. The van der Waals surface area contributed by atoms with Crippen molar-refractivity contribution >= 4 is 29.1 Å². The number of piperidine rings is 1. The van der Waals surface area contributed by atoms with Crippen LogP contribution in [0.15, 0.2) is 36.4 Å². The van der Waals surface area contributed by atoms with E-state index in [4.69, 9.17) is 11.6 Å². The monoisotopic (exact) mass is 439 g/mol. The van der Waals surface area contributed by atoms with Crippen molar-refractivity contribution in [2.24, 2.45) is 5.92 Å². The van der Waals surface area contributed by atoms with E-state index < -0.39 is 0 Å². The molecule has 6 heteroatoms. The van der Waals surface area contributed by atoms with E-state index in [0.29, 0.717) is 13.1 Å². The predicted molar refractivity (Wildman–Crippen MR) is 124 cm³/mol. The standard InChI is InChI=1S/C25H30ClN3O2/c1-16-12-21-22(14-28(3)15-23(21)24(26)13-16)18-4-6-20(7-5-18)27-25(31)19-8-10-29(11-9-19)17(2)30/h4-7,12-13,19,22H,8-11,14-15H2,1-3H3,(H,27,31). The topological polar surface area (TPSA) is 52.7 Å². The Morgan fingerprint density at radius 3 is 2.42 bits per heavy atom. The normalized spacial score (nSPS) is 19.7.